The Morgan fingerprint density at radius 2 is 2.05 bits per heavy atom. The van der Waals surface area contributed by atoms with Gasteiger partial charge in [0.2, 0.25) is 0 Å². The van der Waals surface area contributed by atoms with Crippen LogP contribution in [-0.4, -0.2) is 12.6 Å². The van der Waals surface area contributed by atoms with Crippen LogP contribution in [0.1, 0.15) is 45.1 Å². The summed E-state index contributed by atoms with van der Waals surface area (Å²) in [6.07, 6.45) is 6.05. The number of aryl methyl sites for hydroxylation is 1. The molecule has 0 unspecified atom stereocenters. The van der Waals surface area contributed by atoms with Crippen LogP contribution >= 0.6 is 15.9 Å². The van der Waals surface area contributed by atoms with E-state index in [9.17, 15) is 4.39 Å². The van der Waals surface area contributed by atoms with Gasteiger partial charge >= 0.3 is 0 Å². The largest absolute Gasteiger partial charge is 0.314 e. The van der Waals surface area contributed by atoms with Crippen LogP contribution in [0.4, 0.5) is 4.39 Å². The topological polar surface area (TPSA) is 12.0 Å². The normalized spacial score (nSPS) is 15.8. The van der Waals surface area contributed by atoms with Gasteiger partial charge in [0.05, 0.1) is 4.47 Å². The minimum atomic E-state index is -0.184. The number of hydrogen-bond acceptors (Lipinski definition) is 1. The first kappa shape index (κ1) is 15.0. The molecule has 1 aromatic carbocycles. The second kappa shape index (κ2) is 6.36. The second-order valence-electron chi connectivity index (χ2n) is 6.39. The maximum atomic E-state index is 13.2. The maximum absolute atomic E-state index is 13.2. The predicted molar refractivity (Wildman–Crippen MR) is 81.8 cm³/mol. The van der Waals surface area contributed by atoms with Crippen LogP contribution in [0.2, 0.25) is 0 Å². The second-order valence-corrected chi connectivity index (χ2v) is 7.25. The van der Waals surface area contributed by atoms with Gasteiger partial charge in [0.15, 0.2) is 0 Å². The molecule has 1 aliphatic rings. The van der Waals surface area contributed by atoms with Gasteiger partial charge in [-0.2, -0.15) is 0 Å². The van der Waals surface area contributed by atoms with Crippen molar-refractivity contribution in [1.82, 2.24) is 5.32 Å². The van der Waals surface area contributed by atoms with Crippen molar-refractivity contribution in [3.63, 3.8) is 0 Å². The van der Waals surface area contributed by atoms with E-state index in [0.717, 1.165) is 25.4 Å². The minimum Gasteiger partial charge on any atom is -0.314 e. The Bertz CT molecular complexity index is 427. The van der Waals surface area contributed by atoms with Gasteiger partial charge in [-0.15, -0.1) is 0 Å². The average molecular weight is 328 g/mol. The van der Waals surface area contributed by atoms with Gasteiger partial charge in [-0.1, -0.05) is 19.9 Å². The third-order valence-electron chi connectivity index (χ3n) is 3.89. The zero-order chi connectivity index (χ0) is 13.9. The van der Waals surface area contributed by atoms with E-state index in [0.29, 0.717) is 9.89 Å². The van der Waals surface area contributed by atoms with E-state index in [1.54, 1.807) is 6.07 Å². The van der Waals surface area contributed by atoms with E-state index in [-0.39, 0.29) is 5.82 Å². The van der Waals surface area contributed by atoms with Crippen LogP contribution in [0.25, 0.3) is 0 Å². The number of nitrogens with one attached hydrogen (secondary N) is 1. The Hall–Kier alpha value is -0.410. The molecule has 1 aromatic rings. The number of rotatable bonds is 7. The Kier molecular flexibility index (Phi) is 5.02. The molecule has 0 aliphatic heterocycles. The van der Waals surface area contributed by atoms with Gasteiger partial charge in [0.25, 0.3) is 0 Å². The van der Waals surface area contributed by atoms with E-state index in [4.69, 9.17) is 0 Å². The van der Waals surface area contributed by atoms with Crippen molar-refractivity contribution >= 4 is 15.9 Å². The smallest absolute Gasteiger partial charge is 0.137 e. The highest BCUT2D eigenvalue weighted by molar-refractivity contribution is 9.10. The molecule has 1 nitrogen and oxygen atoms in total. The first-order chi connectivity index (χ1) is 8.96. The third kappa shape index (κ3) is 5.23. The highest BCUT2D eigenvalue weighted by atomic mass is 79.9. The fraction of sp³-hybridized carbons (Fsp3) is 0.625. The van der Waals surface area contributed by atoms with Crippen LogP contribution in [0.15, 0.2) is 22.7 Å². The summed E-state index contributed by atoms with van der Waals surface area (Å²) in [6.45, 7) is 5.76. The predicted octanol–water partition coefficient (Wildman–Crippen LogP) is 4.69. The molecule has 1 saturated carbocycles. The molecule has 1 N–H and O–H groups in total. The molecule has 2 rings (SSSR count). The number of halogens is 2. The summed E-state index contributed by atoms with van der Waals surface area (Å²) in [5.41, 5.74) is 1.54. The van der Waals surface area contributed by atoms with Crippen molar-refractivity contribution in [1.29, 1.82) is 0 Å². The van der Waals surface area contributed by atoms with Crippen LogP contribution in [-0.2, 0) is 6.42 Å². The highest BCUT2D eigenvalue weighted by Crippen LogP contribution is 2.28. The Morgan fingerprint density at radius 1 is 1.32 bits per heavy atom. The first-order valence-corrected chi connectivity index (χ1v) is 7.93. The Labute approximate surface area is 124 Å². The van der Waals surface area contributed by atoms with Crippen molar-refractivity contribution in [3.05, 3.63) is 34.1 Å². The van der Waals surface area contributed by atoms with Crippen molar-refractivity contribution < 1.29 is 4.39 Å². The molecule has 19 heavy (non-hydrogen) atoms. The lowest BCUT2D eigenvalue weighted by Crippen LogP contribution is -2.24. The molecule has 0 amide bonds. The van der Waals surface area contributed by atoms with Gasteiger partial charge < -0.3 is 5.32 Å². The SMILES string of the molecule is CC(C)(CCNC1CC1)CCc1ccc(F)c(Br)c1. The molecular weight excluding hydrogens is 305 g/mol. The molecular formula is C16H23BrFN. The summed E-state index contributed by atoms with van der Waals surface area (Å²) in [5.74, 6) is -0.184. The molecule has 0 saturated heterocycles. The van der Waals surface area contributed by atoms with E-state index >= 15 is 0 Å². The van der Waals surface area contributed by atoms with Gasteiger partial charge in [0.1, 0.15) is 5.82 Å². The lowest BCUT2D eigenvalue weighted by molar-refractivity contribution is 0.302. The molecule has 1 aliphatic carbocycles. The molecule has 0 spiro atoms. The lowest BCUT2D eigenvalue weighted by atomic mass is 9.83. The van der Waals surface area contributed by atoms with E-state index < -0.39 is 0 Å². The van der Waals surface area contributed by atoms with Gasteiger partial charge in [-0.3, -0.25) is 0 Å². The molecule has 0 radical (unpaired) electrons. The van der Waals surface area contributed by atoms with E-state index in [1.165, 1.54) is 24.8 Å². The van der Waals surface area contributed by atoms with Gasteiger partial charge in [-0.05, 0) is 77.7 Å². The van der Waals surface area contributed by atoms with Crippen molar-refractivity contribution in [2.75, 3.05) is 6.54 Å². The summed E-state index contributed by atoms with van der Waals surface area (Å²) in [4.78, 5) is 0. The van der Waals surface area contributed by atoms with Crippen LogP contribution < -0.4 is 5.32 Å². The molecule has 0 heterocycles. The molecule has 106 valence electrons. The third-order valence-corrected chi connectivity index (χ3v) is 4.49. The van der Waals surface area contributed by atoms with Crippen molar-refractivity contribution in [3.8, 4) is 0 Å². The van der Waals surface area contributed by atoms with Crippen molar-refractivity contribution in [2.24, 2.45) is 5.41 Å². The standard InChI is InChI=1S/C16H23BrFN/c1-16(2,9-10-19-13-4-5-13)8-7-12-3-6-15(18)14(17)11-12/h3,6,11,13,19H,4-5,7-10H2,1-2H3. The maximum Gasteiger partial charge on any atom is 0.137 e. The van der Waals surface area contributed by atoms with Crippen LogP contribution in [0.3, 0.4) is 0 Å². The summed E-state index contributed by atoms with van der Waals surface area (Å²) in [6, 6.07) is 6.12. The molecule has 3 heteroatoms. The minimum absolute atomic E-state index is 0.184. The molecule has 0 atom stereocenters. The van der Waals surface area contributed by atoms with Gasteiger partial charge in [0, 0.05) is 6.04 Å². The van der Waals surface area contributed by atoms with E-state index in [2.05, 4.69) is 35.1 Å². The van der Waals surface area contributed by atoms with E-state index in [1.807, 2.05) is 12.1 Å². The first-order valence-electron chi connectivity index (χ1n) is 7.14. The Morgan fingerprint density at radius 3 is 2.68 bits per heavy atom. The van der Waals surface area contributed by atoms with Crippen LogP contribution in [0, 0.1) is 11.2 Å². The zero-order valence-corrected chi connectivity index (χ0v) is 13.4. The fourth-order valence-corrected chi connectivity index (χ4v) is 2.63. The number of hydrogen-bond donors (Lipinski definition) is 1. The molecule has 0 aromatic heterocycles. The lowest BCUT2D eigenvalue weighted by Gasteiger charge is -2.25. The molecule has 0 bridgehead atoms. The van der Waals surface area contributed by atoms with Crippen molar-refractivity contribution in [2.45, 2.75) is 52.0 Å². The quantitative estimate of drug-likeness (QED) is 0.766. The fourth-order valence-electron chi connectivity index (χ4n) is 2.21. The summed E-state index contributed by atoms with van der Waals surface area (Å²) < 4.78 is 13.7. The van der Waals surface area contributed by atoms with Crippen LogP contribution in [0.5, 0.6) is 0 Å². The van der Waals surface area contributed by atoms with Gasteiger partial charge in [-0.25, -0.2) is 4.39 Å². The monoisotopic (exact) mass is 327 g/mol. The highest BCUT2D eigenvalue weighted by Gasteiger charge is 2.22. The summed E-state index contributed by atoms with van der Waals surface area (Å²) in [5, 5.41) is 3.57. The summed E-state index contributed by atoms with van der Waals surface area (Å²) in [7, 11) is 0. The zero-order valence-electron chi connectivity index (χ0n) is 11.8. The Balaban J connectivity index is 1.76. The molecule has 1 fully saturated rings. The summed E-state index contributed by atoms with van der Waals surface area (Å²) >= 11 is 3.25. The number of benzene rings is 1. The average Bonchev–Trinajstić information content (AvgIpc) is 3.15.